The molecule has 0 unspecified atom stereocenters. The van der Waals surface area contributed by atoms with Crippen LogP contribution in [-0.2, 0) is 5.41 Å². The number of benzene rings is 2. The van der Waals surface area contributed by atoms with Crippen LogP contribution in [0.5, 0.6) is 11.5 Å². The van der Waals surface area contributed by atoms with Crippen LogP contribution in [0.25, 0.3) is 0 Å². The second-order valence-electron chi connectivity index (χ2n) is 10.5. The molecule has 7 heteroatoms. The highest BCUT2D eigenvalue weighted by Gasteiger charge is 2.52. The number of urea groups is 1. The first-order valence-corrected chi connectivity index (χ1v) is 13.1. The minimum absolute atomic E-state index is 0.0760. The van der Waals surface area contributed by atoms with Crippen molar-refractivity contribution in [2.45, 2.75) is 62.9 Å². The van der Waals surface area contributed by atoms with Crippen molar-refractivity contribution >= 4 is 23.3 Å². The van der Waals surface area contributed by atoms with Crippen molar-refractivity contribution in [3.05, 3.63) is 52.5 Å². The topological polar surface area (TPSA) is 62.8 Å². The Hall–Kier alpha value is -2.44. The second kappa shape index (κ2) is 9.90. The monoisotopic (exact) mass is 497 g/mol. The predicted octanol–water partition coefficient (Wildman–Crippen LogP) is 5.76. The number of ether oxygens (including phenoxy) is 2. The van der Waals surface area contributed by atoms with E-state index in [-0.39, 0.29) is 17.5 Å². The van der Waals surface area contributed by atoms with Crippen LogP contribution in [0.2, 0.25) is 5.02 Å². The SMILES string of the molecule is COc1ccc([C@@]23CC[C@H](NC(=O)Nc4cc(Cl)ccc4C)C[C@H]2N(CC2CC2)CC3)cc1OC. The van der Waals surface area contributed by atoms with Gasteiger partial charge in [0.1, 0.15) is 0 Å². The van der Waals surface area contributed by atoms with Crippen molar-refractivity contribution in [1.29, 1.82) is 0 Å². The van der Waals surface area contributed by atoms with Gasteiger partial charge in [0.2, 0.25) is 0 Å². The number of anilines is 1. The smallest absolute Gasteiger partial charge is 0.319 e. The molecule has 0 aromatic heterocycles. The molecule has 1 heterocycles. The summed E-state index contributed by atoms with van der Waals surface area (Å²) < 4.78 is 11.1. The molecule has 0 bridgehead atoms. The molecular formula is C28H36ClN3O3. The molecule has 35 heavy (non-hydrogen) atoms. The summed E-state index contributed by atoms with van der Waals surface area (Å²) in [6.45, 7) is 4.24. The minimum atomic E-state index is -0.161. The number of likely N-dealkylation sites (tertiary alicyclic amines) is 1. The van der Waals surface area contributed by atoms with E-state index in [9.17, 15) is 4.79 Å². The summed E-state index contributed by atoms with van der Waals surface area (Å²) in [5.41, 5.74) is 3.15. The van der Waals surface area contributed by atoms with Gasteiger partial charge in [-0.25, -0.2) is 4.79 Å². The van der Waals surface area contributed by atoms with E-state index in [0.29, 0.717) is 11.1 Å². The van der Waals surface area contributed by atoms with Gasteiger partial charge in [-0.05, 0) is 93.3 Å². The molecule has 1 aliphatic heterocycles. The van der Waals surface area contributed by atoms with Gasteiger partial charge in [-0.1, -0.05) is 23.7 Å². The van der Waals surface area contributed by atoms with Crippen LogP contribution in [0.1, 0.15) is 49.7 Å². The molecule has 2 aliphatic carbocycles. The van der Waals surface area contributed by atoms with Crippen LogP contribution >= 0.6 is 11.6 Å². The van der Waals surface area contributed by atoms with E-state index in [2.05, 4.69) is 27.7 Å². The Labute approximate surface area is 213 Å². The second-order valence-corrected chi connectivity index (χ2v) is 10.9. The average molecular weight is 498 g/mol. The lowest BCUT2D eigenvalue weighted by molar-refractivity contribution is 0.132. The zero-order chi connectivity index (χ0) is 24.6. The van der Waals surface area contributed by atoms with Crippen molar-refractivity contribution in [1.82, 2.24) is 10.2 Å². The molecule has 1 saturated heterocycles. The van der Waals surface area contributed by atoms with Crippen LogP contribution < -0.4 is 20.1 Å². The van der Waals surface area contributed by atoms with Gasteiger partial charge in [-0.15, -0.1) is 0 Å². The van der Waals surface area contributed by atoms with E-state index < -0.39 is 0 Å². The van der Waals surface area contributed by atoms with Gasteiger partial charge in [0.25, 0.3) is 0 Å². The number of hydrogen-bond acceptors (Lipinski definition) is 4. The number of halogens is 1. The van der Waals surface area contributed by atoms with Crippen molar-refractivity contribution < 1.29 is 14.3 Å². The summed E-state index contributed by atoms with van der Waals surface area (Å²) in [5, 5.41) is 6.88. The first kappa shape index (κ1) is 24.3. The standard InChI is InChI=1S/C28H36ClN3O3/c1-18-4-8-21(29)15-23(18)31-27(33)30-22-10-11-28(20-7-9-24(34-2)25(14-20)35-3)12-13-32(26(28)16-22)17-19-5-6-19/h4,7-9,14-15,19,22,26H,5-6,10-13,16-17H2,1-3H3,(H2,30,31,33)/t22-,26+,28-/m0/s1. The highest BCUT2D eigenvalue weighted by Crippen LogP contribution is 2.51. The molecule has 2 N–H and O–H groups in total. The lowest BCUT2D eigenvalue weighted by Crippen LogP contribution is -2.53. The molecule has 2 amide bonds. The summed E-state index contributed by atoms with van der Waals surface area (Å²) in [7, 11) is 3.38. The Morgan fingerprint density at radius 3 is 2.63 bits per heavy atom. The largest absolute Gasteiger partial charge is 0.493 e. The van der Waals surface area contributed by atoms with Gasteiger partial charge >= 0.3 is 6.03 Å². The van der Waals surface area contributed by atoms with Gasteiger partial charge in [0.15, 0.2) is 11.5 Å². The number of carbonyl (C=O) groups excluding carboxylic acids is 1. The van der Waals surface area contributed by atoms with Gasteiger partial charge in [-0.2, -0.15) is 0 Å². The normalized spacial score (nSPS) is 26.2. The van der Waals surface area contributed by atoms with Crippen molar-refractivity contribution in [3.8, 4) is 11.5 Å². The molecule has 0 spiro atoms. The summed E-state index contributed by atoms with van der Waals surface area (Å²) in [6, 6.07) is 12.4. The molecule has 3 atom stereocenters. The Kier molecular flexibility index (Phi) is 6.86. The maximum Gasteiger partial charge on any atom is 0.319 e. The van der Waals surface area contributed by atoms with E-state index in [1.807, 2.05) is 25.1 Å². The van der Waals surface area contributed by atoms with Crippen LogP contribution in [0.3, 0.4) is 0 Å². The van der Waals surface area contributed by atoms with E-state index in [1.165, 1.54) is 24.9 Å². The Morgan fingerprint density at radius 2 is 1.89 bits per heavy atom. The molecular weight excluding hydrogens is 462 g/mol. The Morgan fingerprint density at radius 1 is 1.09 bits per heavy atom. The predicted molar refractivity (Wildman–Crippen MR) is 140 cm³/mol. The van der Waals surface area contributed by atoms with E-state index in [0.717, 1.165) is 60.9 Å². The van der Waals surface area contributed by atoms with Gasteiger partial charge in [0.05, 0.1) is 14.2 Å². The molecule has 5 rings (SSSR count). The third-order valence-corrected chi connectivity index (χ3v) is 8.54. The fourth-order valence-corrected chi connectivity index (χ4v) is 6.35. The summed E-state index contributed by atoms with van der Waals surface area (Å²) in [5.74, 6) is 2.38. The zero-order valence-corrected chi connectivity index (χ0v) is 21.7. The molecule has 3 fully saturated rings. The van der Waals surface area contributed by atoms with Gasteiger partial charge in [0, 0.05) is 34.8 Å². The maximum atomic E-state index is 12.9. The van der Waals surface area contributed by atoms with Gasteiger partial charge < -0.3 is 20.1 Å². The third kappa shape index (κ3) is 4.96. The van der Waals surface area contributed by atoms with Crippen LogP contribution in [0.4, 0.5) is 10.5 Å². The molecule has 6 nitrogen and oxygen atoms in total. The number of nitrogens with zero attached hydrogens (tertiary/aromatic N) is 1. The van der Waals surface area contributed by atoms with Crippen molar-refractivity contribution in [3.63, 3.8) is 0 Å². The minimum Gasteiger partial charge on any atom is -0.493 e. The Bertz CT molecular complexity index is 1090. The number of rotatable bonds is 7. The number of aryl methyl sites for hydroxylation is 1. The van der Waals surface area contributed by atoms with Crippen LogP contribution in [0, 0.1) is 12.8 Å². The Balaban J connectivity index is 1.34. The highest BCUT2D eigenvalue weighted by atomic mass is 35.5. The zero-order valence-electron chi connectivity index (χ0n) is 20.9. The fraction of sp³-hybridized carbons (Fsp3) is 0.536. The molecule has 3 aliphatic rings. The van der Waals surface area contributed by atoms with Crippen molar-refractivity contribution in [2.75, 3.05) is 32.6 Å². The lowest BCUT2D eigenvalue weighted by atomic mass is 9.65. The van der Waals surface area contributed by atoms with Gasteiger partial charge in [-0.3, -0.25) is 4.90 Å². The van der Waals surface area contributed by atoms with E-state index >= 15 is 0 Å². The molecule has 0 radical (unpaired) electrons. The molecule has 2 saturated carbocycles. The first-order chi connectivity index (χ1) is 16.9. The summed E-state index contributed by atoms with van der Waals surface area (Å²) in [4.78, 5) is 15.6. The fourth-order valence-electron chi connectivity index (χ4n) is 6.18. The number of carbonyl (C=O) groups is 1. The van der Waals surface area contributed by atoms with Crippen LogP contribution in [0.15, 0.2) is 36.4 Å². The highest BCUT2D eigenvalue weighted by molar-refractivity contribution is 6.31. The quantitative estimate of drug-likeness (QED) is 0.510. The number of hydrogen-bond donors (Lipinski definition) is 2. The summed E-state index contributed by atoms with van der Waals surface area (Å²) in [6.07, 6.45) is 6.76. The average Bonchev–Trinajstić information content (AvgIpc) is 3.61. The number of fused-ring (bicyclic) bond motifs is 1. The van der Waals surface area contributed by atoms with Crippen molar-refractivity contribution in [2.24, 2.45) is 5.92 Å². The van der Waals surface area contributed by atoms with E-state index in [1.54, 1.807) is 20.3 Å². The van der Waals surface area contributed by atoms with Crippen LogP contribution in [-0.4, -0.2) is 50.3 Å². The molecule has 2 aromatic carbocycles. The number of amides is 2. The lowest BCUT2D eigenvalue weighted by Gasteiger charge is -2.45. The maximum absolute atomic E-state index is 12.9. The number of methoxy groups -OCH3 is 2. The summed E-state index contributed by atoms with van der Waals surface area (Å²) >= 11 is 6.14. The number of nitrogens with one attached hydrogen (secondary N) is 2. The molecule has 2 aromatic rings. The van der Waals surface area contributed by atoms with E-state index in [4.69, 9.17) is 21.1 Å². The molecule has 188 valence electrons. The first-order valence-electron chi connectivity index (χ1n) is 12.7. The third-order valence-electron chi connectivity index (χ3n) is 8.30.